The minimum atomic E-state index is -0.931. The molecule has 0 bridgehead atoms. The van der Waals surface area contributed by atoms with Gasteiger partial charge >= 0.3 is 0 Å². The van der Waals surface area contributed by atoms with Crippen LogP contribution in [0.15, 0.2) is 35.7 Å². The van der Waals surface area contributed by atoms with E-state index in [9.17, 15) is 9.59 Å². The average molecular weight is 399 g/mol. The lowest BCUT2D eigenvalue weighted by Crippen LogP contribution is -2.47. The van der Waals surface area contributed by atoms with Crippen molar-refractivity contribution in [3.8, 4) is 5.88 Å². The maximum atomic E-state index is 12.4. The van der Waals surface area contributed by atoms with Gasteiger partial charge in [0, 0.05) is 18.9 Å². The zero-order chi connectivity index (χ0) is 21.0. The number of amides is 2. The Kier molecular flexibility index (Phi) is 5.69. The maximum absolute atomic E-state index is 12.4. The van der Waals surface area contributed by atoms with Crippen LogP contribution in [0.1, 0.15) is 29.5 Å². The minimum Gasteiger partial charge on any atom is -0.474 e. The van der Waals surface area contributed by atoms with Crippen molar-refractivity contribution in [2.24, 2.45) is 10.7 Å². The van der Waals surface area contributed by atoms with Gasteiger partial charge in [-0.1, -0.05) is 0 Å². The molecule has 152 valence electrons. The number of aliphatic imine (C=N–C) groups is 1. The molecular formula is C18H21N7O4. The largest absolute Gasteiger partial charge is 0.474 e. The number of anilines is 1. The van der Waals surface area contributed by atoms with Crippen molar-refractivity contribution >= 4 is 23.5 Å². The van der Waals surface area contributed by atoms with E-state index in [-0.39, 0.29) is 43.1 Å². The molecule has 29 heavy (non-hydrogen) atoms. The molecule has 0 saturated heterocycles. The fraction of sp³-hybridized carbons (Fsp3) is 0.333. The van der Waals surface area contributed by atoms with Crippen molar-refractivity contribution in [2.75, 3.05) is 25.6 Å². The number of nitrogens with two attached hydrogens (primary N) is 1. The number of guanidine groups is 1. The Morgan fingerprint density at radius 1 is 1.38 bits per heavy atom. The molecule has 3 heterocycles. The van der Waals surface area contributed by atoms with Gasteiger partial charge in [0.25, 0.3) is 5.91 Å². The van der Waals surface area contributed by atoms with E-state index in [1.54, 1.807) is 26.1 Å². The first-order chi connectivity index (χ1) is 13.8. The van der Waals surface area contributed by atoms with Gasteiger partial charge < -0.3 is 20.9 Å². The zero-order valence-corrected chi connectivity index (χ0v) is 16.0. The van der Waals surface area contributed by atoms with E-state index in [0.717, 1.165) is 0 Å². The number of nitrogens with zero attached hydrogens (tertiary/aromatic N) is 5. The lowest BCUT2D eigenvalue weighted by Gasteiger charge is -2.32. The monoisotopic (exact) mass is 399 g/mol. The molecule has 4 N–H and O–H groups in total. The van der Waals surface area contributed by atoms with E-state index >= 15 is 0 Å². The van der Waals surface area contributed by atoms with E-state index in [0.29, 0.717) is 11.4 Å². The summed E-state index contributed by atoms with van der Waals surface area (Å²) in [6.45, 7) is 1.70. The third-order valence-electron chi connectivity index (χ3n) is 4.35. The quantitative estimate of drug-likeness (QED) is 0.607. The van der Waals surface area contributed by atoms with Gasteiger partial charge in [0.05, 0.1) is 31.1 Å². The maximum Gasteiger partial charge on any atom is 0.275 e. The number of carbonyl (C=O) groups excluding carboxylic acids is 2. The number of hydrogen-bond donors (Lipinski definition) is 3. The molecule has 2 aromatic rings. The SMILES string of the molecule is CN1C(=O)CC(C)(c2cc(NC(=O)c3cnc(OCCO)cn3)ccn2)N=C1N. The van der Waals surface area contributed by atoms with Gasteiger partial charge in [-0.25, -0.2) is 15.0 Å². The van der Waals surface area contributed by atoms with Crippen LogP contribution < -0.4 is 15.8 Å². The van der Waals surface area contributed by atoms with Crippen LogP contribution >= 0.6 is 0 Å². The van der Waals surface area contributed by atoms with Gasteiger partial charge in [0.15, 0.2) is 5.96 Å². The Hall–Kier alpha value is -3.60. The van der Waals surface area contributed by atoms with E-state index in [2.05, 4.69) is 25.3 Å². The van der Waals surface area contributed by atoms with Gasteiger partial charge in [-0.2, -0.15) is 0 Å². The highest BCUT2D eigenvalue weighted by Crippen LogP contribution is 2.32. The van der Waals surface area contributed by atoms with Crippen LogP contribution in [-0.4, -0.2) is 63.0 Å². The normalized spacial score (nSPS) is 18.9. The summed E-state index contributed by atoms with van der Waals surface area (Å²) in [6, 6.07) is 3.25. The fourth-order valence-electron chi connectivity index (χ4n) is 2.71. The molecule has 2 aromatic heterocycles. The van der Waals surface area contributed by atoms with Gasteiger partial charge in [-0.3, -0.25) is 19.5 Å². The fourth-order valence-corrected chi connectivity index (χ4v) is 2.71. The van der Waals surface area contributed by atoms with Crippen molar-refractivity contribution in [2.45, 2.75) is 18.9 Å². The van der Waals surface area contributed by atoms with Gasteiger partial charge in [0.1, 0.15) is 17.8 Å². The van der Waals surface area contributed by atoms with Crippen LogP contribution in [0.25, 0.3) is 0 Å². The second-order valence-electron chi connectivity index (χ2n) is 6.57. The van der Waals surface area contributed by atoms with Gasteiger partial charge in [-0.05, 0) is 19.1 Å². The molecule has 0 aliphatic carbocycles. The number of ether oxygens (including phenoxy) is 1. The number of aromatic nitrogens is 3. The topological polar surface area (TPSA) is 156 Å². The number of rotatable bonds is 6. The summed E-state index contributed by atoms with van der Waals surface area (Å²) in [5, 5.41) is 11.4. The van der Waals surface area contributed by atoms with Crippen molar-refractivity contribution in [3.05, 3.63) is 42.1 Å². The first kappa shape index (κ1) is 20.1. The molecule has 1 unspecified atom stereocenters. The van der Waals surface area contributed by atoms with Crippen molar-refractivity contribution in [1.82, 2.24) is 19.9 Å². The molecule has 2 amide bonds. The van der Waals surface area contributed by atoms with Crippen LogP contribution in [0.2, 0.25) is 0 Å². The number of hydrogen-bond acceptors (Lipinski definition) is 9. The van der Waals surface area contributed by atoms with Crippen LogP contribution in [0.3, 0.4) is 0 Å². The molecule has 1 atom stereocenters. The number of carbonyl (C=O) groups is 2. The molecule has 0 fully saturated rings. The first-order valence-corrected chi connectivity index (χ1v) is 8.78. The molecule has 0 saturated carbocycles. The summed E-state index contributed by atoms with van der Waals surface area (Å²) in [4.78, 5) is 42.5. The molecule has 0 radical (unpaired) electrons. The third kappa shape index (κ3) is 4.46. The van der Waals surface area contributed by atoms with Crippen LogP contribution in [0.4, 0.5) is 5.69 Å². The summed E-state index contributed by atoms with van der Waals surface area (Å²) in [5.74, 6) is -0.332. The second kappa shape index (κ2) is 8.19. The smallest absolute Gasteiger partial charge is 0.275 e. The van der Waals surface area contributed by atoms with Gasteiger partial charge in [0.2, 0.25) is 11.8 Å². The summed E-state index contributed by atoms with van der Waals surface area (Å²) < 4.78 is 5.11. The lowest BCUT2D eigenvalue weighted by molar-refractivity contribution is -0.128. The molecule has 1 aliphatic heterocycles. The predicted octanol–water partition coefficient (Wildman–Crippen LogP) is -0.113. The molecule has 0 spiro atoms. The molecule has 11 nitrogen and oxygen atoms in total. The Balaban J connectivity index is 1.76. The highest BCUT2D eigenvalue weighted by Gasteiger charge is 2.37. The number of nitrogens with one attached hydrogen (secondary N) is 1. The highest BCUT2D eigenvalue weighted by molar-refractivity contribution is 6.02. The summed E-state index contributed by atoms with van der Waals surface area (Å²) >= 11 is 0. The van der Waals surface area contributed by atoms with Crippen molar-refractivity contribution in [3.63, 3.8) is 0 Å². The summed E-state index contributed by atoms with van der Waals surface area (Å²) in [7, 11) is 1.56. The Bertz CT molecular complexity index is 947. The van der Waals surface area contributed by atoms with Crippen LogP contribution in [-0.2, 0) is 10.3 Å². The standard InChI is InChI=1S/C18H21N7O4/c1-18(8-15(27)25(2)17(19)24-18)13-7-11(3-4-20-13)23-16(28)12-9-22-14(10-21-12)29-6-5-26/h3-4,7,9-10,26H,5-6,8H2,1-2H3,(H2,19,24)(H,20,23,28). The zero-order valence-electron chi connectivity index (χ0n) is 16.0. The molecule has 1 aliphatic rings. The van der Waals surface area contributed by atoms with Crippen molar-refractivity contribution in [1.29, 1.82) is 0 Å². The molecular weight excluding hydrogens is 378 g/mol. The number of pyridine rings is 1. The third-order valence-corrected chi connectivity index (χ3v) is 4.35. The Labute approximate surface area is 166 Å². The van der Waals surface area contributed by atoms with E-state index in [1.807, 2.05) is 0 Å². The van der Waals surface area contributed by atoms with Crippen LogP contribution in [0.5, 0.6) is 5.88 Å². The molecule has 3 rings (SSSR count). The van der Waals surface area contributed by atoms with E-state index in [1.165, 1.54) is 23.5 Å². The van der Waals surface area contributed by atoms with Gasteiger partial charge in [-0.15, -0.1) is 0 Å². The Morgan fingerprint density at radius 2 is 2.17 bits per heavy atom. The molecule has 11 heteroatoms. The number of aliphatic hydroxyl groups excluding tert-OH is 1. The minimum absolute atomic E-state index is 0.0858. The first-order valence-electron chi connectivity index (χ1n) is 8.78. The van der Waals surface area contributed by atoms with Crippen LogP contribution in [0, 0.1) is 0 Å². The lowest BCUT2D eigenvalue weighted by atomic mass is 9.91. The average Bonchev–Trinajstić information content (AvgIpc) is 2.71. The van der Waals surface area contributed by atoms with Crippen molar-refractivity contribution < 1.29 is 19.4 Å². The van der Waals surface area contributed by atoms with E-state index in [4.69, 9.17) is 15.6 Å². The summed E-state index contributed by atoms with van der Waals surface area (Å²) in [6.07, 6.45) is 4.19. The summed E-state index contributed by atoms with van der Waals surface area (Å²) in [5.41, 5.74) is 5.95. The second-order valence-corrected chi connectivity index (χ2v) is 6.57. The Morgan fingerprint density at radius 3 is 2.83 bits per heavy atom. The number of aliphatic hydroxyl groups is 1. The molecule has 0 aromatic carbocycles. The predicted molar refractivity (Wildman–Crippen MR) is 103 cm³/mol. The van der Waals surface area contributed by atoms with E-state index < -0.39 is 11.4 Å². The highest BCUT2D eigenvalue weighted by atomic mass is 16.5.